The molecule has 3 nitrogen and oxygen atoms in total. The summed E-state index contributed by atoms with van der Waals surface area (Å²) in [4.78, 5) is 2.52. The third-order valence-corrected chi connectivity index (χ3v) is 9.91. The third kappa shape index (κ3) is 2.65. The zero-order chi connectivity index (χ0) is 27.7. The van der Waals surface area contributed by atoms with Gasteiger partial charge in [0.05, 0.1) is 5.69 Å². The fraction of sp³-hybridized carbons (Fsp3) is 0.103. The highest BCUT2D eigenvalue weighted by molar-refractivity contribution is 6.22. The van der Waals surface area contributed by atoms with E-state index in [0.29, 0.717) is 0 Å². The Labute approximate surface area is 244 Å². The van der Waals surface area contributed by atoms with Gasteiger partial charge in [-0.2, -0.15) is 4.58 Å². The Bertz CT molecular complexity index is 2290. The van der Waals surface area contributed by atoms with Gasteiger partial charge in [-0.1, -0.05) is 80.6 Å². The number of allylic oxidation sites excluding steroid dienone is 2. The van der Waals surface area contributed by atoms with Crippen molar-refractivity contribution in [3.05, 3.63) is 138 Å². The van der Waals surface area contributed by atoms with Gasteiger partial charge in [-0.3, -0.25) is 0 Å². The van der Waals surface area contributed by atoms with Crippen molar-refractivity contribution in [2.75, 3.05) is 4.90 Å². The summed E-state index contributed by atoms with van der Waals surface area (Å²) in [7, 11) is 0. The molecule has 0 bridgehead atoms. The highest BCUT2D eigenvalue weighted by Gasteiger charge is 2.49. The van der Waals surface area contributed by atoms with E-state index in [1.165, 1.54) is 72.6 Å². The summed E-state index contributed by atoms with van der Waals surface area (Å²) < 4.78 is 8.85. The van der Waals surface area contributed by atoms with Crippen LogP contribution >= 0.6 is 0 Å². The van der Waals surface area contributed by atoms with E-state index in [9.17, 15) is 0 Å². The van der Waals surface area contributed by atoms with Gasteiger partial charge in [0, 0.05) is 52.1 Å². The van der Waals surface area contributed by atoms with Gasteiger partial charge >= 0.3 is 0 Å². The number of nitrogens with zero attached hydrogens (tertiary/aromatic N) is 2. The van der Waals surface area contributed by atoms with E-state index in [0.717, 1.165) is 11.2 Å². The maximum atomic E-state index is 6.36. The molecule has 0 N–H and O–H groups in total. The van der Waals surface area contributed by atoms with Crippen molar-refractivity contribution in [3.63, 3.8) is 0 Å². The number of furan rings is 1. The average molecular weight is 540 g/mol. The highest BCUT2D eigenvalue weighted by Crippen LogP contribution is 2.55. The second-order valence-electron chi connectivity index (χ2n) is 12.4. The molecule has 1 atom stereocenters. The molecular weight excluding hydrogens is 512 g/mol. The van der Waals surface area contributed by atoms with Gasteiger partial charge in [-0.25, -0.2) is 0 Å². The topological polar surface area (TPSA) is 19.4 Å². The molecule has 0 amide bonds. The van der Waals surface area contributed by atoms with E-state index in [-0.39, 0.29) is 11.5 Å². The van der Waals surface area contributed by atoms with Crippen molar-refractivity contribution in [2.24, 2.45) is 0 Å². The molecule has 10 rings (SSSR count). The van der Waals surface area contributed by atoms with Crippen molar-refractivity contribution in [3.8, 4) is 11.1 Å². The molecule has 1 unspecified atom stereocenters. The Morgan fingerprint density at radius 2 is 1.50 bits per heavy atom. The highest BCUT2D eigenvalue weighted by atomic mass is 16.3. The number of fused-ring (bicyclic) bond motifs is 11. The molecule has 3 heteroatoms. The zero-order valence-electron chi connectivity index (χ0n) is 23.4. The predicted molar refractivity (Wildman–Crippen MR) is 174 cm³/mol. The van der Waals surface area contributed by atoms with Crippen LogP contribution in [0, 0.1) is 0 Å². The molecule has 0 saturated carbocycles. The van der Waals surface area contributed by atoms with Gasteiger partial charge in [-0.05, 0) is 52.1 Å². The van der Waals surface area contributed by atoms with Crippen LogP contribution in [0.25, 0.3) is 38.6 Å². The van der Waals surface area contributed by atoms with E-state index in [1.807, 2.05) is 6.07 Å². The first kappa shape index (κ1) is 22.5. The summed E-state index contributed by atoms with van der Waals surface area (Å²) in [5, 5.41) is 2.34. The number of hydrogen-bond donors (Lipinski definition) is 0. The number of hydrogen-bond acceptors (Lipinski definition) is 2. The van der Waals surface area contributed by atoms with Crippen LogP contribution in [-0.2, 0) is 5.41 Å². The van der Waals surface area contributed by atoms with E-state index < -0.39 is 0 Å². The van der Waals surface area contributed by atoms with Crippen LogP contribution in [0.2, 0.25) is 0 Å². The van der Waals surface area contributed by atoms with Crippen LogP contribution in [0.15, 0.2) is 126 Å². The Morgan fingerprint density at radius 3 is 2.45 bits per heavy atom. The molecule has 4 aliphatic rings. The van der Waals surface area contributed by atoms with Crippen molar-refractivity contribution < 1.29 is 4.42 Å². The Kier molecular flexibility index (Phi) is 4.06. The maximum absolute atomic E-state index is 6.36. The molecule has 0 spiro atoms. The van der Waals surface area contributed by atoms with Crippen LogP contribution in [0.5, 0.6) is 0 Å². The molecule has 2 aliphatic heterocycles. The normalized spacial score (nSPS) is 18.6. The Morgan fingerprint density at radius 1 is 0.690 bits per heavy atom. The summed E-state index contributed by atoms with van der Waals surface area (Å²) in [5.74, 6) is 0. The number of anilines is 2. The lowest BCUT2D eigenvalue weighted by molar-refractivity contribution is 0.660. The largest absolute Gasteiger partial charge is 0.456 e. The van der Waals surface area contributed by atoms with Crippen LogP contribution in [-0.4, -0.2) is 11.8 Å². The second kappa shape index (κ2) is 7.57. The molecule has 5 aromatic carbocycles. The number of benzene rings is 5. The molecule has 1 aromatic heterocycles. The van der Waals surface area contributed by atoms with Crippen LogP contribution in [0.4, 0.5) is 22.7 Å². The zero-order valence-corrected chi connectivity index (χ0v) is 23.4. The summed E-state index contributed by atoms with van der Waals surface area (Å²) in [5.41, 5.74) is 16.0. The lowest BCUT2D eigenvalue weighted by Gasteiger charge is -2.32. The maximum Gasteiger partial charge on any atom is 0.235 e. The molecule has 2 aliphatic carbocycles. The number of rotatable bonds is 1. The van der Waals surface area contributed by atoms with Crippen molar-refractivity contribution in [1.29, 1.82) is 0 Å². The molecule has 198 valence electrons. The SMILES string of the molecule is CC1(C)c2ccccc2-c2ccc([N+]3=C4C=CC=C5c6cc7c(cc6N(c6ccccc63)C54)oc3ccccc37)cc21. The van der Waals surface area contributed by atoms with Gasteiger partial charge in [0.15, 0.2) is 0 Å². The van der Waals surface area contributed by atoms with Crippen LogP contribution < -0.4 is 9.48 Å². The van der Waals surface area contributed by atoms with Crippen molar-refractivity contribution >= 4 is 56.0 Å². The molecular formula is C39H27N2O+. The van der Waals surface area contributed by atoms with E-state index in [4.69, 9.17) is 4.42 Å². The lowest BCUT2D eigenvalue weighted by atomic mass is 9.82. The first-order valence-electron chi connectivity index (χ1n) is 14.7. The molecule has 0 saturated heterocycles. The number of para-hydroxylation sites is 3. The van der Waals surface area contributed by atoms with Gasteiger partial charge in [0.2, 0.25) is 17.1 Å². The lowest BCUT2D eigenvalue weighted by Crippen LogP contribution is -2.43. The summed E-state index contributed by atoms with van der Waals surface area (Å²) >= 11 is 0. The van der Waals surface area contributed by atoms with Gasteiger partial charge < -0.3 is 9.32 Å². The molecule has 42 heavy (non-hydrogen) atoms. The third-order valence-electron chi connectivity index (χ3n) is 9.91. The van der Waals surface area contributed by atoms with Gasteiger partial charge in [-0.15, -0.1) is 0 Å². The molecule has 0 fully saturated rings. The molecule has 3 heterocycles. The molecule has 6 aromatic rings. The minimum atomic E-state index is -0.0537. The van der Waals surface area contributed by atoms with E-state index in [2.05, 4.69) is 139 Å². The van der Waals surface area contributed by atoms with E-state index in [1.54, 1.807) is 0 Å². The standard InChI is InChI=1S/C39H27N2O/c1-39(2)30-13-5-3-10-24(30)25-19-18-23(20-31(25)39)40-32-14-6-7-15-33(32)41-35-22-37-29(26-11-4-8-17-36(26)42-37)21-28(35)27-12-9-16-34(40)38(27)41/h3-22,38H,1-2H3/q+1. The van der Waals surface area contributed by atoms with Gasteiger partial charge in [0.1, 0.15) is 22.9 Å². The average Bonchev–Trinajstić information content (AvgIpc) is 3.63. The molecule has 0 radical (unpaired) electrons. The Hall–Kier alpha value is -5.15. The minimum absolute atomic E-state index is 0.0537. The van der Waals surface area contributed by atoms with Crippen molar-refractivity contribution in [2.45, 2.75) is 25.3 Å². The quantitative estimate of drug-likeness (QED) is 0.194. The Balaban J connectivity index is 1.22. The fourth-order valence-corrected chi connectivity index (χ4v) is 8.01. The van der Waals surface area contributed by atoms with Crippen molar-refractivity contribution in [1.82, 2.24) is 4.58 Å². The van der Waals surface area contributed by atoms with E-state index >= 15 is 0 Å². The minimum Gasteiger partial charge on any atom is -0.456 e. The summed E-state index contributed by atoms with van der Waals surface area (Å²) in [6.07, 6.45) is 6.82. The summed E-state index contributed by atoms with van der Waals surface area (Å²) in [6, 6.07) is 37.8. The van der Waals surface area contributed by atoms with Gasteiger partial charge in [0.25, 0.3) is 0 Å². The summed E-state index contributed by atoms with van der Waals surface area (Å²) in [6.45, 7) is 4.71. The first-order chi connectivity index (χ1) is 20.6. The first-order valence-corrected chi connectivity index (χ1v) is 14.7. The predicted octanol–water partition coefficient (Wildman–Crippen LogP) is 9.66. The fourth-order valence-electron chi connectivity index (χ4n) is 8.01. The second-order valence-corrected chi connectivity index (χ2v) is 12.4. The van der Waals surface area contributed by atoms with Crippen LogP contribution in [0.3, 0.4) is 0 Å². The van der Waals surface area contributed by atoms with Crippen LogP contribution in [0.1, 0.15) is 30.5 Å². The monoisotopic (exact) mass is 539 g/mol. The smallest absolute Gasteiger partial charge is 0.235 e.